The average molecular weight is 327 g/mol. The molecule has 0 aliphatic heterocycles. The Bertz CT molecular complexity index is 819. The van der Waals surface area contributed by atoms with E-state index in [4.69, 9.17) is 21.8 Å². The minimum atomic E-state index is -0.671. The topological polar surface area (TPSA) is 138 Å². The van der Waals surface area contributed by atoms with Crippen molar-refractivity contribution in [1.82, 2.24) is 20.0 Å². The molecule has 116 valence electrons. The number of nitrogens with two attached hydrogens (primary N) is 1. The third-order valence-corrected chi connectivity index (χ3v) is 2.96. The molecule has 0 spiro atoms. The van der Waals surface area contributed by atoms with Gasteiger partial charge in [0, 0.05) is 19.2 Å². The maximum absolute atomic E-state index is 11.8. The molecule has 11 heteroatoms. The summed E-state index contributed by atoms with van der Waals surface area (Å²) in [5.41, 5.74) is 5.65. The lowest BCUT2D eigenvalue weighted by molar-refractivity contribution is 0.309. The van der Waals surface area contributed by atoms with E-state index in [1.54, 1.807) is 6.07 Å². The molecule has 3 N–H and O–H groups in total. The molecule has 3 aromatic heterocycles. The molecule has 0 radical (unpaired) electrons. The Morgan fingerprint density at radius 1 is 1.36 bits per heavy atom. The third-order valence-electron chi connectivity index (χ3n) is 2.76. The van der Waals surface area contributed by atoms with Crippen molar-refractivity contribution >= 4 is 17.4 Å². The lowest BCUT2D eigenvalue weighted by Gasteiger charge is -2.02. The second-order valence-corrected chi connectivity index (χ2v) is 4.70. The zero-order chi connectivity index (χ0) is 15.5. The zero-order valence-corrected chi connectivity index (χ0v) is 11.9. The number of nitrogens with one attached hydrogen (secondary N) is 1. The van der Waals surface area contributed by atoms with E-state index < -0.39 is 5.76 Å². The van der Waals surface area contributed by atoms with Crippen molar-refractivity contribution in [3.8, 4) is 11.5 Å². The van der Waals surface area contributed by atoms with Crippen molar-refractivity contribution in [2.45, 2.75) is 6.54 Å². The SMILES string of the molecule is NCCNc1nonc1-c1noc(=O)n1Cc1cc(Cl)co1. The van der Waals surface area contributed by atoms with Crippen LogP contribution in [0.2, 0.25) is 5.02 Å². The summed E-state index contributed by atoms with van der Waals surface area (Å²) in [5, 5.41) is 14.5. The average Bonchev–Trinajstić information content (AvgIpc) is 3.20. The maximum Gasteiger partial charge on any atom is 0.442 e. The van der Waals surface area contributed by atoms with Crippen LogP contribution in [0, 0.1) is 0 Å². The highest BCUT2D eigenvalue weighted by atomic mass is 35.5. The molecule has 0 saturated heterocycles. The van der Waals surface area contributed by atoms with Gasteiger partial charge < -0.3 is 15.5 Å². The maximum atomic E-state index is 11.8. The van der Waals surface area contributed by atoms with Crippen LogP contribution in [0.4, 0.5) is 5.82 Å². The quantitative estimate of drug-likeness (QED) is 0.664. The number of hydrogen-bond acceptors (Lipinski definition) is 9. The van der Waals surface area contributed by atoms with Gasteiger partial charge in [-0.1, -0.05) is 16.8 Å². The minimum Gasteiger partial charge on any atom is -0.466 e. The fourth-order valence-electron chi connectivity index (χ4n) is 1.81. The molecule has 0 atom stereocenters. The number of aromatic nitrogens is 4. The highest BCUT2D eigenvalue weighted by Crippen LogP contribution is 2.22. The highest BCUT2D eigenvalue weighted by molar-refractivity contribution is 6.30. The van der Waals surface area contributed by atoms with Crippen LogP contribution in [0.5, 0.6) is 0 Å². The van der Waals surface area contributed by atoms with Gasteiger partial charge >= 0.3 is 5.76 Å². The first-order chi connectivity index (χ1) is 10.7. The smallest absolute Gasteiger partial charge is 0.442 e. The Hall–Kier alpha value is -2.59. The van der Waals surface area contributed by atoms with Gasteiger partial charge in [-0.15, -0.1) is 0 Å². The number of nitrogens with zero attached hydrogens (tertiary/aromatic N) is 4. The molecule has 0 saturated carbocycles. The summed E-state index contributed by atoms with van der Waals surface area (Å²) in [6.45, 7) is 0.924. The van der Waals surface area contributed by atoms with Crippen LogP contribution in [-0.4, -0.2) is 33.1 Å². The molecule has 22 heavy (non-hydrogen) atoms. The van der Waals surface area contributed by atoms with Gasteiger partial charge in [0.05, 0.1) is 11.6 Å². The molecular formula is C11H11ClN6O4. The first kappa shape index (κ1) is 14.4. The van der Waals surface area contributed by atoms with Crippen LogP contribution in [0.1, 0.15) is 5.76 Å². The summed E-state index contributed by atoms with van der Waals surface area (Å²) in [7, 11) is 0. The van der Waals surface area contributed by atoms with Crippen molar-refractivity contribution < 1.29 is 13.6 Å². The summed E-state index contributed by atoms with van der Waals surface area (Å²) in [5.74, 6) is 0.253. The first-order valence-electron chi connectivity index (χ1n) is 6.25. The van der Waals surface area contributed by atoms with Crippen LogP contribution in [0.25, 0.3) is 11.5 Å². The Kier molecular flexibility index (Phi) is 3.94. The largest absolute Gasteiger partial charge is 0.466 e. The monoisotopic (exact) mass is 326 g/mol. The van der Waals surface area contributed by atoms with Gasteiger partial charge in [-0.3, -0.25) is 4.52 Å². The van der Waals surface area contributed by atoms with Crippen molar-refractivity contribution in [2.75, 3.05) is 18.4 Å². The van der Waals surface area contributed by atoms with Crippen molar-refractivity contribution in [1.29, 1.82) is 0 Å². The zero-order valence-electron chi connectivity index (χ0n) is 11.2. The number of anilines is 1. The third kappa shape index (κ3) is 2.73. The molecule has 0 amide bonds. The van der Waals surface area contributed by atoms with Gasteiger partial charge in [-0.25, -0.2) is 14.0 Å². The fourth-order valence-corrected chi connectivity index (χ4v) is 1.98. The summed E-state index contributed by atoms with van der Waals surface area (Å²) >= 11 is 5.78. The molecule has 3 aromatic rings. The van der Waals surface area contributed by atoms with E-state index in [1.807, 2.05) is 0 Å². The summed E-state index contributed by atoms with van der Waals surface area (Å²) in [4.78, 5) is 11.8. The lowest BCUT2D eigenvalue weighted by Crippen LogP contribution is -2.17. The lowest BCUT2D eigenvalue weighted by atomic mass is 10.3. The van der Waals surface area contributed by atoms with E-state index in [1.165, 1.54) is 10.8 Å². The Morgan fingerprint density at radius 3 is 2.95 bits per heavy atom. The predicted octanol–water partition coefficient (Wildman–Crippen LogP) is 0.552. The van der Waals surface area contributed by atoms with Gasteiger partial charge in [-0.2, -0.15) is 0 Å². The number of halogens is 1. The Morgan fingerprint density at radius 2 is 2.23 bits per heavy atom. The molecule has 0 bridgehead atoms. The normalized spacial score (nSPS) is 11.0. The molecule has 0 unspecified atom stereocenters. The van der Waals surface area contributed by atoms with Gasteiger partial charge in [0.15, 0.2) is 5.69 Å². The highest BCUT2D eigenvalue weighted by Gasteiger charge is 2.22. The van der Waals surface area contributed by atoms with Crippen LogP contribution in [-0.2, 0) is 6.54 Å². The molecule has 10 nitrogen and oxygen atoms in total. The van der Waals surface area contributed by atoms with E-state index in [9.17, 15) is 4.79 Å². The van der Waals surface area contributed by atoms with Crippen molar-refractivity contribution in [3.05, 3.63) is 33.7 Å². The molecular weight excluding hydrogens is 316 g/mol. The molecule has 0 aliphatic carbocycles. The molecule has 3 rings (SSSR count). The fraction of sp³-hybridized carbons (Fsp3) is 0.273. The van der Waals surface area contributed by atoms with Crippen LogP contribution >= 0.6 is 11.6 Å². The molecule has 0 fully saturated rings. The first-order valence-corrected chi connectivity index (χ1v) is 6.63. The van der Waals surface area contributed by atoms with E-state index in [0.717, 1.165) is 0 Å². The van der Waals surface area contributed by atoms with E-state index in [0.29, 0.717) is 29.7 Å². The van der Waals surface area contributed by atoms with Gasteiger partial charge in [0.1, 0.15) is 12.0 Å². The Balaban J connectivity index is 1.95. The molecule has 0 aromatic carbocycles. The predicted molar refractivity (Wildman–Crippen MR) is 74.4 cm³/mol. The number of hydrogen-bond donors (Lipinski definition) is 2. The van der Waals surface area contributed by atoms with Gasteiger partial charge in [0.2, 0.25) is 11.6 Å². The van der Waals surface area contributed by atoms with E-state index in [-0.39, 0.29) is 18.1 Å². The van der Waals surface area contributed by atoms with Crippen molar-refractivity contribution in [3.63, 3.8) is 0 Å². The van der Waals surface area contributed by atoms with Crippen LogP contribution in [0.3, 0.4) is 0 Å². The van der Waals surface area contributed by atoms with Gasteiger partial charge in [-0.05, 0) is 10.3 Å². The molecule has 3 heterocycles. The number of rotatable bonds is 6. The second kappa shape index (κ2) is 6.03. The summed E-state index contributed by atoms with van der Waals surface area (Å²) in [6, 6.07) is 1.58. The number of furan rings is 1. The second-order valence-electron chi connectivity index (χ2n) is 4.27. The van der Waals surface area contributed by atoms with Crippen molar-refractivity contribution in [2.24, 2.45) is 5.73 Å². The van der Waals surface area contributed by atoms with Crippen LogP contribution < -0.4 is 16.8 Å². The summed E-state index contributed by atoms with van der Waals surface area (Å²) < 4.78 is 15.8. The van der Waals surface area contributed by atoms with Gasteiger partial charge in [0.25, 0.3) is 0 Å². The Labute approximate surface area is 127 Å². The van der Waals surface area contributed by atoms with E-state index >= 15 is 0 Å². The van der Waals surface area contributed by atoms with E-state index in [2.05, 4.69) is 29.9 Å². The molecule has 0 aliphatic rings. The summed E-state index contributed by atoms with van der Waals surface area (Å²) in [6.07, 6.45) is 1.36. The van der Waals surface area contributed by atoms with Crippen LogP contribution in [0.15, 0.2) is 30.7 Å². The standard InChI is InChI=1S/C11H11ClN6O4/c12-6-3-7(20-5-6)4-18-10(17-21-11(18)19)8-9(14-2-1-13)16-22-15-8/h3,5H,1-2,4,13H2,(H,14,16). The minimum absolute atomic E-state index is 0.0770.